The van der Waals surface area contributed by atoms with Crippen LogP contribution in [0.25, 0.3) is 22.0 Å². The molecule has 1 aliphatic rings. The first kappa shape index (κ1) is 17.8. The molecule has 5 N–H and O–H groups in total. The number of alkyl halides is 1. The van der Waals surface area contributed by atoms with Gasteiger partial charge < -0.3 is 16.4 Å². The number of aromatic amines is 1. The van der Waals surface area contributed by atoms with Crippen molar-refractivity contribution in [3.05, 3.63) is 66.8 Å². The number of halogens is 1. The highest BCUT2D eigenvalue weighted by Gasteiger charge is 2.32. The number of nitrogens with two attached hydrogens (primary N) is 1. The number of H-pyrrole nitrogens is 1. The third-order valence-corrected chi connectivity index (χ3v) is 4.80. The lowest BCUT2D eigenvalue weighted by atomic mass is 9.94. The zero-order chi connectivity index (χ0) is 19.7. The molecule has 0 bridgehead atoms. The largest absolute Gasteiger partial charge is 0.382 e. The average Bonchev–Trinajstić information content (AvgIpc) is 3.05. The van der Waals surface area contributed by atoms with E-state index in [-0.39, 0.29) is 0 Å². The first-order valence-corrected chi connectivity index (χ1v) is 8.89. The Kier molecular flexibility index (Phi) is 4.35. The third-order valence-electron chi connectivity index (χ3n) is 4.80. The number of carbonyl (C=O) groups excluding carboxylic acids is 1. The molecular formula is C21H20FN5O. The van der Waals surface area contributed by atoms with Crippen molar-refractivity contribution in [3.8, 4) is 11.1 Å². The number of benzene rings is 2. The standard InChI is InChI=1S/C21H20FN5O/c1-21(22)12-3-2-7-17(21)25-20(28)24-14-10-8-13(9-11-14)15-5-4-6-16-18(15)19(23)27-26-16/h2-12,17H,1H3,(H3,23,26,27)(H2,24,25,28). The van der Waals surface area contributed by atoms with Gasteiger partial charge in [0.25, 0.3) is 0 Å². The highest BCUT2D eigenvalue weighted by molar-refractivity contribution is 6.01. The van der Waals surface area contributed by atoms with Crippen LogP contribution >= 0.6 is 0 Å². The van der Waals surface area contributed by atoms with Crippen LogP contribution in [0.5, 0.6) is 0 Å². The Morgan fingerprint density at radius 2 is 2.00 bits per heavy atom. The van der Waals surface area contributed by atoms with Gasteiger partial charge in [-0.25, -0.2) is 9.18 Å². The van der Waals surface area contributed by atoms with Crippen molar-refractivity contribution in [2.75, 3.05) is 11.1 Å². The molecule has 2 aromatic carbocycles. The second kappa shape index (κ2) is 6.84. The van der Waals surface area contributed by atoms with Crippen molar-refractivity contribution in [1.82, 2.24) is 15.5 Å². The molecule has 7 heteroatoms. The van der Waals surface area contributed by atoms with Crippen LogP contribution in [-0.2, 0) is 0 Å². The van der Waals surface area contributed by atoms with Gasteiger partial charge in [0.15, 0.2) is 5.82 Å². The average molecular weight is 377 g/mol. The molecule has 142 valence electrons. The van der Waals surface area contributed by atoms with Crippen molar-refractivity contribution < 1.29 is 9.18 Å². The maximum absolute atomic E-state index is 14.4. The van der Waals surface area contributed by atoms with Gasteiger partial charge in [-0.3, -0.25) is 5.10 Å². The predicted octanol–water partition coefficient (Wildman–Crippen LogP) is 4.16. The number of nitrogens with one attached hydrogen (secondary N) is 3. The van der Waals surface area contributed by atoms with Gasteiger partial charge in [0.1, 0.15) is 5.67 Å². The molecule has 1 heterocycles. The number of amides is 2. The lowest BCUT2D eigenvalue weighted by molar-refractivity contribution is 0.202. The first-order valence-electron chi connectivity index (χ1n) is 8.89. The van der Waals surface area contributed by atoms with Gasteiger partial charge in [-0.2, -0.15) is 5.10 Å². The summed E-state index contributed by atoms with van der Waals surface area (Å²) in [6.45, 7) is 1.43. The summed E-state index contributed by atoms with van der Waals surface area (Å²) in [7, 11) is 0. The number of aromatic nitrogens is 2. The fourth-order valence-corrected chi connectivity index (χ4v) is 3.28. The first-order chi connectivity index (χ1) is 13.4. The predicted molar refractivity (Wildman–Crippen MR) is 110 cm³/mol. The molecule has 4 rings (SSSR count). The molecule has 0 saturated carbocycles. The minimum atomic E-state index is -1.63. The van der Waals surface area contributed by atoms with Crippen molar-refractivity contribution in [1.29, 1.82) is 0 Å². The molecule has 3 aromatic rings. The van der Waals surface area contributed by atoms with Crippen LogP contribution in [0.15, 0.2) is 66.8 Å². The van der Waals surface area contributed by atoms with E-state index in [0.29, 0.717) is 11.5 Å². The molecule has 28 heavy (non-hydrogen) atoms. The van der Waals surface area contributed by atoms with Crippen LogP contribution in [0.1, 0.15) is 6.92 Å². The number of allylic oxidation sites excluding steroid dienone is 2. The normalized spacial score (nSPS) is 21.0. The fourth-order valence-electron chi connectivity index (χ4n) is 3.28. The van der Waals surface area contributed by atoms with E-state index in [1.165, 1.54) is 13.0 Å². The van der Waals surface area contributed by atoms with Gasteiger partial charge in [0, 0.05) is 5.69 Å². The van der Waals surface area contributed by atoms with E-state index in [2.05, 4.69) is 20.8 Å². The van der Waals surface area contributed by atoms with E-state index in [0.717, 1.165) is 22.0 Å². The molecule has 2 amide bonds. The number of fused-ring (bicyclic) bond motifs is 1. The molecule has 1 aromatic heterocycles. The van der Waals surface area contributed by atoms with Crippen molar-refractivity contribution >= 4 is 28.4 Å². The summed E-state index contributed by atoms with van der Waals surface area (Å²) >= 11 is 0. The number of rotatable bonds is 3. The monoisotopic (exact) mass is 377 g/mol. The lowest BCUT2D eigenvalue weighted by Gasteiger charge is -2.28. The molecular weight excluding hydrogens is 357 g/mol. The Morgan fingerprint density at radius 1 is 1.21 bits per heavy atom. The summed E-state index contributed by atoms with van der Waals surface area (Å²) in [6.07, 6.45) is 6.39. The maximum atomic E-state index is 14.4. The van der Waals surface area contributed by atoms with Crippen LogP contribution in [0.3, 0.4) is 0 Å². The lowest BCUT2D eigenvalue weighted by Crippen LogP contribution is -2.48. The summed E-state index contributed by atoms with van der Waals surface area (Å²) < 4.78 is 14.4. The Labute approximate surface area is 161 Å². The van der Waals surface area contributed by atoms with Crippen LogP contribution in [0.4, 0.5) is 20.7 Å². The molecule has 0 aliphatic heterocycles. The highest BCUT2D eigenvalue weighted by atomic mass is 19.1. The van der Waals surface area contributed by atoms with E-state index in [1.54, 1.807) is 30.4 Å². The Morgan fingerprint density at radius 3 is 2.75 bits per heavy atom. The molecule has 0 saturated heterocycles. The third kappa shape index (κ3) is 3.34. The zero-order valence-corrected chi connectivity index (χ0v) is 15.2. The van der Waals surface area contributed by atoms with Crippen LogP contribution in [0, 0.1) is 0 Å². The van der Waals surface area contributed by atoms with Gasteiger partial charge in [-0.05, 0) is 42.3 Å². The van der Waals surface area contributed by atoms with Crippen molar-refractivity contribution in [3.63, 3.8) is 0 Å². The number of hydrogen-bond donors (Lipinski definition) is 4. The Hall–Kier alpha value is -3.61. The molecule has 0 radical (unpaired) electrons. The summed E-state index contributed by atoms with van der Waals surface area (Å²) in [6, 6.07) is 12.0. The zero-order valence-electron chi connectivity index (χ0n) is 15.2. The van der Waals surface area contributed by atoms with Crippen molar-refractivity contribution in [2.45, 2.75) is 18.6 Å². The molecule has 0 spiro atoms. The Bertz CT molecular complexity index is 1080. The topological polar surface area (TPSA) is 95.8 Å². The van der Waals surface area contributed by atoms with E-state index in [4.69, 9.17) is 5.73 Å². The SMILES string of the molecule is CC1(F)C=CC=CC1NC(=O)Nc1ccc(-c2cccc3[nH]nc(N)c23)cc1. The van der Waals surface area contributed by atoms with E-state index < -0.39 is 17.7 Å². The van der Waals surface area contributed by atoms with Gasteiger partial charge >= 0.3 is 6.03 Å². The maximum Gasteiger partial charge on any atom is 0.319 e. The van der Waals surface area contributed by atoms with Crippen LogP contribution < -0.4 is 16.4 Å². The van der Waals surface area contributed by atoms with Crippen LogP contribution in [0.2, 0.25) is 0 Å². The van der Waals surface area contributed by atoms with E-state index >= 15 is 0 Å². The number of anilines is 2. The van der Waals surface area contributed by atoms with Crippen LogP contribution in [-0.4, -0.2) is 27.9 Å². The van der Waals surface area contributed by atoms with E-state index in [9.17, 15) is 9.18 Å². The summed E-state index contributed by atoms with van der Waals surface area (Å²) in [4.78, 5) is 12.2. The Balaban J connectivity index is 1.49. The molecule has 1 aliphatic carbocycles. The van der Waals surface area contributed by atoms with Gasteiger partial charge in [-0.15, -0.1) is 0 Å². The second-order valence-electron chi connectivity index (χ2n) is 6.89. The summed E-state index contributed by atoms with van der Waals surface area (Å²) in [5.41, 5.74) is 7.71. The molecule has 2 unspecified atom stereocenters. The second-order valence-corrected chi connectivity index (χ2v) is 6.89. The number of nitrogens with zero attached hydrogens (tertiary/aromatic N) is 1. The minimum Gasteiger partial charge on any atom is -0.382 e. The molecule has 0 fully saturated rings. The number of hydrogen-bond acceptors (Lipinski definition) is 3. The number of nitrogen functional groups attached to an aromatic ring is 1. The minimum absolute atomic E-state index is 0.441. The van der Waals surface area contributed by atoms with E-state index in [1.807, 2.05) is 30.3 Å². The van der Waals surface area contributed by atoms with Gasteiger partial charge in [0.05, 0.1) is 16.9 Å². The fraction of sp³-hybridized carbons (Fsp3) is 0.143. The van der Waals surface area contributed by atoms with Crippen molar-refractivity contribution in [2.24, 2.45) is 0 Å². The molecule has 2 atom stereocenters. The molecule has 6 nitrogen and oxygen atoms in total. The number of urea groups is 1. The van der Waals surface area contributed by atoms with Gasteiger partial charge in [0.2, 0.25) is 0 Å². The number of carbonyl (C=O) groups is 1. The summed E-state index contributed by atoms with van der Waals surface area (Å²) in [5, 5.41) is 13.2. The highest BCUT2D eigenvalue weighted by Crippen LogP contribution is 2.31. The summed E-state index contributed by atoms with van der Waals surface area (Å²) in [5.74, 6) is 0.441. The van der Waals surface area contributed by atoms with Gasteiger partial charge in [-0.1, -0.05) is 42.5 Å². The quantitative estimate of drug-likeness (QED) is 0.552. The smallest absolute Gasteiger partial charge is 0.319 e.